The molecule has 0 aliphatic heterocycles. The van der Waals surface area contributed by atoms with Gasteiger partial charge in [-0.1, -0.05) is 12.8 Å². The third-order valence-corrected chi connectivity index (χ3v) is 3.60. The molecule has 0 unspecified atom stereocenters. The molecule has 0 saturated heterocycles. The molecular formula is C14H16F3NO. The summed E-state index contributed by atoms with van der Waals surface area (Å²) in [5.41, 5.74) is -0.134. The Bertz CT molecular complexity index is 461. The molecule has 2 nitrogen and oxygen atoms in total. The summed E-state index contributed by atoms with van der Waals surface area (Å²) >= 11 is 0. The highest BCUT2D eigenvalue weighted by molar-refractivity contribution is 5.94. The maximum absolute atomic E-state index is 13.2. The molecule has 1 amide bonds. The normalized spacial score (nSPS) is 15.8. The number of carbonyl (C=O) groups excluding carboxylic acids is 1. The maximum Gasteiger partial charge on any atom is 0.254 e. The minimum Gasteiger partial charge on any atom is -0.336 e. The molecule has 0 radical (unpaired) electrons. The number of rotatable bonds is 3. The van der Waals surface area contributed by atoms with E-state index >= 15 is 0 Å². The summed E-state index contributed by atoms with van der Waals surface area (Å²) in [6.07, 6.45) is 3.93. The summed E-state index contributed by atoms with van der Waals surface area (Å²) in [6, 6.07) is 1.64. The second-order valence-electron chi connectivity index (χ2n) is 4.78. The van der Waals surface area contributed by atoms with Crippen molar-refractivity contribution < 1.29 is 18.0 Å². The molecule has 0 bridgehead atoms. The van der Waals surface area contributed by atoms with Crippen LogP contribution in [-0.4, -0.2) is 23.4 Å². The van der Waals surface area contributed by atoms with Crippen LogP contribution in [0, 0.1) is 17.5 Å². The number of benzene rings is 1. The van der Waals surface area contributed by atoms with E-state index in [0.717, 1.165) is 37.8 Å². The molecule has 0 heterocycles. The highest BCUT2D eigenvalue weighted by Crippen LogP contribution is 2.25. The van der Waals surface area contributed by atoms with Gasteiger partial charge in [0.2, 0.25) is 0 Å². The number of nitrogens with zero attached hydrogens (tertiary/aromatic N) is 1. The van der Waals surface area contributed by atoms with E-state index in [-0.39, 0.29) is 11.6 Å². The zero-order valence-electron chi connectivity index (χ0n) is 10.8. The smallest absolute Gasteiger partial charge is 0.254 e. The fourth-order valence-electron chi connectivity index (χ4n) is 2.63. The van der Waals surface area contributed by atoms with Crippen molar-refractivity contribution in [3.63, 3.8) is 0 Å². The van der Waals surface area contributed by atoms with Crippen LogP contribution < -0.4 is 0 Å². The SMILES string of the molecule is CCN(C(=O)c1cc(F)c(F)c(F)c1)C1CCCC1. The molecule has 1 aliphatic carbocycles. The monoisotopic (exact) mass is 271 g/mol. The summed E-state index contributed by atoms with van der Waals surface area (Å²) < 4.78 is 39.2. The number of amides is 1. The number of halogens is 3. The van der Waals surface area contributed by atoms with Crippen LogP contribution in [0.1, 0.15) is 43.0 Å². The van der Waals surface area contributed by atoms with Gasteiger partial charge < -0.3 is 4.90 Å². The van der Waals surface area contributed by atoms with Gasteiger partial charge in [0, 0.05) is 18.2 Å². The number of hydrogen-bond acceptors (Lipinski definition) is 1. The molecule has 0 aromatic heterocycles. The van der Waals surface area contributed by atoms with Crippen LogP contribution >= 0.6 is 0 Å². The van der Waals surface area contributed by atoms with Crippen LogP contribution in [0.3, 0.4) is 0 Å². The van der Waals surface area contributed by atoms with Crippen LogP contribution in [0.2, 0.25) is 0 Å². The van der Waals surface area contributed by atoms with E-state index in [1.807, 2.05) is 6.92 Å². The maximum atomic E-state index is 13.2. The lowest BCUT2D eigenvalue weighted by molar-refractivity contribution is 0.0692. The highest BCUT2D eigenvalue weighted by atomic mass is 19.2. The van der Waals surface area contributed by atoms with Crippen molar-refractivity contribution in [1.29, 1.82) is 0 Å². The van der Waals surface area contributed by atoms with Gasteiger partial charge in [0.1, 0.15) is 0 Å². The third-order valence-electron chi connectivity index (χ3n) is 3.60. The predicted molar refractivity (Wildman–Crippen MR) is 65.3 cm³/mol. The van der Waals surface area contributed by atoms with E-state index in [1.165, 1.54) is 0 Å². The molecule has 1 saturated carbocycles. The standard InChI is InChI=1S/C14H16F3NO/c1-2-18(10-5-3-4-6-10)14(19)9-7-11(15)13(17)12(16)8-9/h7-8,10H,2-6H2,1H3. The Morgan fingerprint density at radius 1 is 1.21 bits per heavy atom. The van der Waals surface area contributed by atoms with Gasteiger partial charge in [0.25, 0.3) is 5.91 Å². The Morgan fingerprint density at radius 2 is 1.74 bits per heavy atom. The van der Waals surface area contributed by atoms with E-state index in [1.54, 1.807) is 4.90 Å². The lowest BCUT2D eigenvalue weighted by Gasteiger charge is -2.27. The Labute approximate surface area is 110 Å². The van der Waals surface area contributed by atoms with Crippen molar-refractivity contribution in [2.24, 2.45) is 0 Å². The summed E-state index contributed by atoms with van der Waals surface area (Å²) in [5, 5.41) is 0. The van der Waals surface area contributed by atoms with Gasteiger partial charge in [0.15, 0.2) is 17.5 Å². The summed E-state index contributed by atoms with van der Waals surface area (Å²) in [5.74, 6) is -4.63. The molecule has 1 aromatic rings. The second kappa shape index (κ2) is 5.63. The molecule has 1 fully saturated rings. The first-order valence-corrected chi connectivity index (χ1v) is 6.50. The van der Waals surface area contributed by atoms with E-state index in [0.29, 0.717) is 6.54 Å². The van der Waals surface area contributed by atoms with Crippen molar-refractivity contribution in [2.75, 3.05) is 6.54 Å². The van der Waals surface area contributed by atoms with E-state index in [9.17, 15) is 18.0 Å². The van der Waals surface area contributed by atoms with Crippen molar-refractivity contribution in [3.05, 3.63) is 35.1 Å². The Balaban J connectivity index is 2.26. The zero-order chi connectivity index (χ0) is 14.0. The Kier molecular flexibility index (Phi) is 4.12. The molecule has 0 atom stereocenters. The average molecular weight is 271 g/mol. The summed E-state index contributed by atoms with van der Waals surface area (Å²) in [6.45, 7) is 2.30. The van der Waals surface area contributed by atoms with Crippen LogP contribution in [0.25, 0.3) is 0 Å². The van der Waals surface area contributed by atoms with Crippen LogP contribution in [0.15, 0.2) is 12.1 Å². The molecule has 2 rings (SSSR count). The van der Waals surface area contributed by atoms with Crippen LogP contribution in [0.4, 0.5) is 13.2 Å². The van der Waals surface area contributed by atoms with Crippen molar-refractivity contribution >= 4 is 5.91 Å². The Hall–Kier alpha value is -1.52. The van der Waals surface area contributed by atoms with E-state index in [2.05, 4.69) is 0 Å². The molecule has 1 aromatic carbocycles. The van der Waals surface area contributed by atoms with Gasteiger partial charge in [0.05, 0.1) is 0 Å². The molecule has 0 spiro atoms. The first-order valence-electron chi connectivity index (χ1n) is 6.50. The van der Waals surface area contributed by atoms with Crippen molar-refractivity contribution in [3.8, 4) is 0 Å². The zero-order valence-corrected chi connectivity index (χ0v) is 10.8. The van der Waals surface area contributed by atoms with Gasteiger partial charge in [-0.3, -0.25) is 4.79 Å². The molecule has 1 aliphatic rings. The third kappa shape index (κ3) is 2.74. The van der Waals surface area contributed by atoms with Gasteiger partial charge in [-0.15, -0.1) is 0 Å². The quantitative estimate of drug-likeness (QED) is 0.770. The predicted octanol–water partition coefficient (Wildman–Crippen LogP) is 3.51. The minimum atomic E-state index is -1.54. The fourth-order valence-corrected chi connectivity index (χ4v) is 2.63. The largest absolute Gasteiger partial charge is 0.336 e. The Morgan fingerprint density at radius 3 is 2.21 bits per heavy atom. The number of hydrogen-bond donors (Lipinski definition) is 0. The fraction of sp³-hybridized carbons (Fsp3) is 0.500. The lowest BCUT2D eigenvalue weighted by Crippen LogP contribution is -2.38. The van der Waals surface area contributed by atoms with Gasteiger partial charge in [-0.25, -0.2) is 13.2 Å². The first-order chi connectivity index (χ1) is 9.04. The van der Waals surface area contributed by atoms with Crippen LogP contribution in [-0.2, 0) is 0 Å². The van der Waals surface area contributed by atoms with Crippen molar-refractivity contribution in [2.45, 2.75) is 38.6 Å². The molecule has 104 valence electrons. The number of carbonyl (C=O) groups is 1. The van der Waals surface area contributed by atoms with Gasteiger partial charge >= 0.3 is 0 Å². The van der Waals surface area contributed by atoms with Crippen molar-refractivity contribution in [1.82, 2.24) is 4.90 Å². The molecule has 19 heavy (non-hydrogen) atoms. The second-order valence-corrected chi connectivity index (χ2v) is 4.78. The van der Waals surface area contributed by atoms with Crippen LogP contribution in [0.5, 0.6) is 0 Å². The summed E-state index contributed by atoms with van der Waals surface area (Å²) in [4.78, 5) is 13.9. The molecule has 0 N–H and O–H groups in total. The topological polar surface area (TPSA) is 20.3 Å². The highest BCUT2D eigenvalue weighted by Gasteiger charge is 2.27. The minimum absolute atomic E-state index is 0.119. The average Bonchev–Trinajstić information content (AvgIpc) is 2.90. The lowest BCUT2D eigenvalue weighted by atomic mass is 10.1. The molecule has 5 heteroatoms. The van der Waals surface area contributed by atoms with E-state index < -0.39 is 23.4 Å². The summed E-state index contributed by atoms with van der Waals surface area (Å²) in [7, 11) is 0. The van der Waals surface area contributed by atoms with E-state index in [4.69, 9.17) is 0 Å². The molecular weight excluding hydrogens is 255 g/mol. The van der Waals surface area contributed by atoms with Gasteiger partial charge in [-0.2, -0.15) is 0 Å². The first kappa shape index (κ1) is 13.9. The van der Waals surface area contributed by atoms with Gasteiger partial charge in [-0.05, 0) is 31.9 Å².